The van der Waals surface area contributed by atoms with Crippen molar-refractivity contribution < 1.29 is 4.11 Å². The van der Waals surface area contributed by atoms with Crippen LogP contribution in [0.3, 0.4) is 0 Å². The van der Waals surface area contributed by atoms with E-state index in [0.29, 0.717) is 5.92 Å². The van der Waals surface area contributed by atoms with Gasteiger partial charge in [0.1, 0.15) is 6.17 Å². The average molecular weight is 350 g/mol. The molecule has 1 fully saturated rings. The van der Waals surface area contributed by atoms with Crippen LogP contribution in [0.25, 0.3) is 0 Å². The highest BCUT2D eigenvalue weighted by molar-refractivity contribution is 5.68. The summed E-state index contributed by atoms with van der Waals surface area (Å²) in [6.45, 7) is 2.01. The van der Waals surface area contributed by atoms with Crippen molar-refractivity contribution in [2.24, 2.45) is 5.92 Å². The van der Waals surface area contributed by atoms with E-state index in [2.05, 4.69) is 29.7 Å². The number of rotatable bonds is 3. The molecular formula is C24H30N2. The van der Waals surface area contributed by atoms with Gasteiger partial charge in [-0.25, -0.2) is 0 Å². The Labute approximate surface area is 162 Å². The van der Waals surface area contributed by atoms with Gasteiger partial charge in [0.25, 0.3) is 0 Å². The molecule has 0 spiro atoms. The minimum absolute atomic E-state index is 0.405. The molecule has 1 aliphatic carbocycles. The molecule has 1 unspecified atom stereocenters. The van der Waals surface area contributed by atoms with E-state index >= 15 is 0 Å². The lowest BCUT2D eigenvalue weighted by Crippen LogP contribution is -2.39. The Morgan fingerprint density at radius 3 is 2.23 bits per heavy atom. The minimum atomic E-state index is -2.16. The molecule has 1 heterocycles. The summed E-state index contributed by atoms with van der Waals surface area (Å²) in [6, 6.07) is 18.2. The van der Waals surface area contributed by atoms with Gasteiger partial charge in [0, 0.05) is 32.8 Å². The van der Waals surface area contributed by atoms with Gasteiger partial charge in [0.15, 0.2) is 0 Å². The van der Waals surface area contributed by atoms with Gasteiger partial charge in [-0.1, -0.05) is 55.7 Å². The maximum Gasteiger partial charge on any atom is 0.108 e. The SMILES string of the molecule is [2H]C([2H])([2H])C1N(c2ccccc2)C(C2CCCCC2)=C(C)N1c1ccccc1C. The predicted molar refractivity (Wildman–Crippen MR) is 111 cm³/mol. The molecule has 0 radical (unpaired) electrons. The monoisotopic (exact) mass is 349 g/mol. The molecule has 2 heteroatoms. The van der Waals surface area contributed by atoms with Gasteiger partial charge < -0.3 is 9.80 Å². The van der Waals surface area contributed by atoms with E-state index in [1.807, 2.05) is 48.5 Å². The van der Waals surface area contributed by atoms with Crippen LogP contribution in [-0.2, 0) is 0 Å². The highest BCUT2D eigenvalue weighted by Gasteiger charge is 2.39. The van der Waals surface area contributed by atoms with Gasteiger partial charge in [-0.2, -0.15) is 0 Å². The second kappa shape index (κ2) is 7.19. The zero-order chi connectivity index (χ0) is 20.6. The quantitative estimate of drug-likeness (QED) is 0.626. The normalized spacial score (nSPS) is 23.8. The van der Waals surface area contributed by atoms with Crippen molar-refractivity contribution in [2.75, 3.05) is 9.80 Å². The Balaban J connectivity index is 1.92. The minimum Gasteiger partial charge on any atom is -0.322 e. The first-order valence-corrected chi connectivity index (χ1v) is 9.79. The molecule has 1 aliphatic heterocycles. The number of anilines is 2. The van der Waals surface area contributed by atoms with Crippen LogP contribution in [0.15, 0.2) is 66.0 Å². The number of allylic oxidation sites excluding steroid dienone is 2. The van der Waals surface area contributed by atoms with Crippen molar-refractivity contribution in [1.82, 2.24) is 0 Å². The highest BCUT2D eigenvalue weighted by atomic mass is 15.4. The molecule has 2 aliphatic rings. The van der Waals surface area contributed by atoms with E-state index in [1.54, 1.807) is 0 Å². The first-order chi connectivity index (χ1) is 13.9. The molecule has 2 nitrogen and oxygen atoms in total. The molecule has 0 saturated heterocycles. The second-order valence-corrected chi connectivity index (χ2v) is 7.54. The zero-order valence-corrected chi connectivity index (χ0v) is 15.8. The molecule has 2 aromatic rings. The summed E-state index contributed by atoms with van der Waals surface area (Å²) in [4.78, 5) is 4.18. The summed E-state index contributed by atoms with van der Waals surface area (Å²) in [7, 11) is 0. The Morgan fingerprint density at radius 2 is 1.54 bits per heavy atom. The molecule has 136 valence electrons. The van der Waals surface area contributed by atoms with Crippen LogP contribution in [0.1, 0.15) is 55.6 Å². The largest absolute Gasteiger partial charge is 0.322 e. The van der Waals surface area contributed by atoms with Gasteiger partial charge in [-0.15, -0.1) is 0 Å². The molecule has 4 rings (SSSR count). The summed E-state index contributed by atoms with van der Waals surface area (Å²) >= 11 is 0. The van der Waals surface area contributed by atoms with E-state index in [9.17, 15) is 0 Å². The second-order valence-electron chi connectivity index (χ2n) is 7.54. The van der Waals surface area contributed by atoms with E-state index in [1.165, 1.54) is 25.0 Å². The molecular weight excluding hydrogens is 316 g/mol. The number of nitrogens with zero attached hydrogens (tertiary/aromatic N) is 2. The molecule has 0 bridgehead atoms. The number of aryl methyl sites for hydroxylation is 1. The lowest BCUT2D eigenvalue weighted by atomic mass is 9.85. The van der Waals surface area contributed by atoms with Crippen LogP contribution >= 0.6 is 0 Å². The summed E-state index contributed by atoms with van der Waals surface area (Å²) in [5.74, 6) is 0.405. The number of hydrogen-bond acceptors (Lipinski definition) is 2. The Hall–Kier alpha value is -2.22. The van der Waals surface area contributed by atoms with Crippen LogP contribution in [-0.4, -0.2) is 6.17 Å². The fourth-order valence-electron chi connectivity index (χ4n) is 4.61. The van der Waals surface area contributed by atoms with Crippen LogP contribution in [0.2, 0.25) is 0 Å². The first kappa shape index (κ1) is 13.9. The summed E-state index contributed by atoms with van der Waals surface area (Å²) in [6.07, 6.45) is 5.23. The van der Waals surface area contributed by atoms with Crippen molar-refractivity contribution in [3.63, 3.8) is 0 Å². The van der Waals surface area contributed by atoms with Crippen molar-refractivity contribution in [1.29, 1.82) is 0 Å². The van der Waals surface area contributed by atoms with Crippen molar-refractivity contribution in [3.05, 3.63) is 71.6 Å². The van der Waals surface area contributed by atoms with Crippen molar-refractivity contribution in [3.8, 4) is 0 Å². The van der Waals surface area contributed by atoms with Crippen LogP contribution in [0, 0.1) is 12.8 Å². The Morgan fingerprint density at radius 1 is 0.846 bits per heavy atom. The van der Waals surface area contributed by atoms with Gasteiger partial charge >= 0.3 is 0 Å². The third kappa shape index (κ3) is 2.92. The standard InChI is InChI=1S/C24H30N2/c1-18-12-10-11-17-23(18)25-19(2)24(21-13-6-4-7-14-21)26(20(25)3)22-15-8-5-9-16-22/h5,8-12,15-17,20-21H,4,6-7,13-14H2,1-3H3/i3D3. The van der Waals surface area contributed by atoms with E-state index in [0.717, 1.165) is 35.5 Å². The van der Waals surface area contributed by atoms with E-state index in [-0.39, 0.29) is 0 Å². The lowest BCUT2D eigenvalue weighted by Gasteiger charge is -2.35. The Bertz CT molecular complexity index is 882. The van der Waals surface area contributed by atoms with Crippen LogP contribution in [0.5, 0.6) is 0 Å². The lowest BCUT2D eigenvalue weighted by molar-refractivity contribution is 0.395. The van der Waals surface area contributed by atoms with E-state index < -0.39 is 13.0 Å². The maximum absolute atomic E-state index is 8.48. The summed E-state index contributed by atoms with van der Waals surface area (Å²) in [5.41, 5.74) is 5.32. The molecule has 0 aromatic heterocycles. The molecule has 26 heavy (non-hydrogen) atoms. The number of para-hydroxylation sites is 2. The first-order valence-electron chi connectivity index (χ1n) is 11.3. The predicted octanol–water partition coefficient (Wildman–Crippen LogP) is 6.48. The fourth-order valence-corrected chi connectivity index (χ4v) is 4.61. The third-order valence-corrected chi connectivity index (χ3v) is 5.88. The smallest absolute Gasteiger partial charge is 0.108 e. The summed E-state index contributed by atoms with van der Waals surface area (Å²) < 4.78 is 25.4. The zero-order valence-electron chi connectivity index (χ0n) is 18.8. The molecule has 1 atom stereocenters. The van der Waals surface area contributed by atoms with Gasteiger partial charge in [0.05, 0.1) is 0 Å². The van der Waals surface area contributed by atoms with Crippen molar-refractivity contribution >= 4 is 11.4 Å². The molecule has 0 N–H and O–H groups in total. The topological polar surface area (TPSA) is 6.48 Å². The molecule has 0 amide bonds. The van der Waals surface area contributed by atoms with E-state index in [4.69, 9.17) is 4.11 Å². The summed E-state index contributed by atoms with van der Waals surface area (Å²) in [5, 5.41) is 0. The maximum atomic E-state index is 8.48. The number of hydrogen-bond donors (Lipinski definition) is 0. The van der Waals surface area contributed by atoms with Gasteiger partial charge in [-0.3, -0.25) is 0 Å². The highest BCUT2D eigenvalue weighted by Crippen LogP contribution is 2.44. The van der Waals surface area contributed by atoms with Gasteiger partial charge in [0.2, 0.25) is 0 Å². The fraction of sp³-hybridized carbons (Fsp3) is 0.417. The van der Waals surface area contributed by atoms with Crippen LogP contribution < -0.4 is 9.80 Å². The third-order valence-electron chi connectivity index (χ3n) is 5.88. The molecule has 2 aromatic carbocycles. The van der Waals surface area contributed by atoms with Crippen molar-refractivity contribution in [2.45, 2.75) is 59.0 Å². The van der Waals surface area contributed by atoms with Gasteiger partial charge in [-0.05, 0) is 57.3 Å². The number of benzene rings is 2. The van der Waals surface area contributed by atoms with Crippen LogP contribution in [0.4, 0.5) is 11.4 Å². The Kier molecular flexibility index (Phi) is 3.85. The molecule has 1 saturated carbocycles. The average Bonchev–Trinajstić information content (AvgIpc) is 3.03.